The number of hydrogen-bond acceptors (Lipinski definition) is 8. The van der Waals surface area contributed by atoms with Crippen LogP contribution in [0.2, 0.25) is 0 Å². The number of phenols is 2. The van der Waals surface area contributed by atoms with Crippen LogP contribution in [0.4, 0.5) is 11.4 Å². The predicted octanol–water partition coefficient (Wildman–Crippen LogP) is 6.27. The number of nitrogens with zero attached hydrogens (tertiary/aromatic N) is 3. The first kappa shape index (κ1) is 25.0. The molecule has 0 bridgehead atoms. The highest BCUT2D eigenvalue weighted by Crippen LogP contribution is 2.39. The largest absolute Gasteiger partial charge is 0.508 e. The molecule has 4 rings (SSSR count). The maximum Gasteiger partial charge on any atom is 0.300 e. The lowest BCUT2D eigenvalue weighted by Crippen LogP contribution is -2.11. The van der Waals surface area contributed by atoms with E-state index in [1.54, 1.807) is 24.3 Å². The van der Waals surface area contributed by atoms with Crippen molar-refractivity contribution in [1.82, 2.24) is 10.3 Å². The van der Waals surface area contributed by atoms with Crippen LogP contribution in [0.3, 0.4) is 0 Å². The predicted molar refractivity (Wildman–Crippen MR) is 138 cm³/mol. The minimum atomic E-state index is -0.513. The molecule has 1 heterocycles. The van der Waals surface area contributed by atoms with Crippen molar-refractivity contribution in [3.8, 4) is 11.5 Å². The molecule has 3 aromatic carbocycles. The van der Waals surface area contributed by atoms with E-state index in [4.69, 9.17) is 4.63 Å². The fourth-order valence-electron chi connectivity index (χ4n) is 4.91. The first-order valence-corrected chi connectivity index (χ1v) is 12.2. The molecule has 4 aromatic rings. The van der Waals surface area contributed by atoms with E-state index in [9.17, 15) is 20.3 Å². The van der Waals surface area contributed by atoms with Crippen LogP contribution in [0.15, 0.2) is 59.2 Å². The minimum absolute atomic E-state index is 0.111. The van der Waals surface area contributed by atoms with Gasteiger partial charge >= 0.3 is 5.69 Å². The van der Waals surface area contributed by atoms with Gasteiger partial charge in [0.05, 0.1) is 10.6 Å². The molecule has 3 N–H and O–H groups in total. The van der Waals surface area contributed by atoms with Crippen LogP contribution < -0.4 is 5.32 Å². The van der Waals surface area contributed by atoms with Crippen molar-refractivity contribution in [2.45, 2.75) is 51.4 Å². The SMILES string of the molecule is CCC(c1ccc(O)cc1)C(CC)c1ccc(O)c(CCCNc2ccc([N+](=O)[O-])c3nonc23)c1. The molecule has 0 aliphatic carbocycles. The topological polar surface area (TPSA) is 135 Å². The van der Waals surface area contributed by atoms with E-state index in [0.717, 1.165) is 24.8 Å². The van der Waals surface area contributed by atoms with Gasteiger partial charge in [-0.1, -0.05) is 38.1 Å². The molecule has 0 fully saturated rings. The van der Waals surface area contributed by atoms with Gasteiger partial charge in [-0.3, -0.25) is 10.1 Å². The Kier molecular flexibility index (Phi) is 7.68. The Morgan fingerprint density at radius 2 is 1.61 bits per heavy atom. The number of aromatic nitrogens is 2. The molecule has 2 unspecified atom stereocenters. The first-order valence-electron chi connectivity index (χ1n) is 12.2. The van der Waals surface area contributed by atoms with Gasteiger partial charge in [-0.15, -0.1) is 0 Å². The second kappa shape index (κ2) is 11.1. The minimum Gasteiger partial charge on any atom is -0.508 e. The van der Waals surface area contributed by atoms with Crippen molar-refractivity contribution in [3.05, 3.63) is 81.4 Å². The van der Waals surface area contributed by atoms with Crippen molar-refractivity contribution in [1.29, 1.82) is 0 Å². The van der Waals surface area contributed by atoms with Gasteiger partial charge in [0, 0.05) is 12.6 Å². The van der Waals surface area contributed by atoms with Crippen LogP contribution in [0.1, 0.15) is 61.6 Å². The van der Waals surface area contributed by atoms with Gasteiger partial charge in [0.25, 0.3) is 0 Å². The van der Waals surface area contributed by atoms with Gasteiger partial charge in [0.15, 0.2) is 5.52 Å². The summed E-state index contributed by atoms with van der Waals surface area (Å²) in [5.74, 6) is 1.11. The smallest absolute Gasteiger partial charge is 0.300 e. The highest BCUT2D eigenvalue weighted by molar-refractivity contribution is 5.93. The molecule has 9 heteroatoms. The molecule has 0 saturated heterocycles. The Morgan fingerprint density at radius 3 is 2.31 bits per heavy atom. The maximum absolute atomic E-state index is 11.2. The number of aromatic hydroxyl groups is 2. The van der Waals surface area contributed by atoms with E-state index >= 15 is 0 Å². The van der Waals surface area contributed by atoms with Crippen LogP contribution in [-0.2, 0) is 6.42 Å². The highest BCUT2D eigenvalue weighted by Gasteiger charge is 2.23. The van der Waals surface area contributed by atoms with E-state index in [1.165, 1.54) is 17.2 Å². The summed E-state index contributed by atoms with van der Waals surface area (Å²) in [7, 11) is 0. The molecule has 9 nitrogen and oxygen atoms in total. The van der Waals surface area contributed by atoms with Crippen LogP contribution in [0.25, 0.3) is 11.0 Å². The number of phenolic OH excluding ortho intramolecular Hbond substituents is 2. The monoisotopic (exact) mass is 490 g/mol. The Labute approximate surface area is 208 Å². The summed E-state index contributed by atoms with van der Waals surface area (Å²) < 4.78 is 4.71. The lowest BCUT2D eigenvalue weighted by atomic mass is 9.78. The number of nitro groups is 1. The molecule has 36 heavy (non-hydrogen) atoms. The zero-order chi connectivity index (χ0) is 25.7. The number of fused-ring (bicyclic) bond motifs is 1. The number of aryl methyl sites for hydroxylation is 1. The highest BCUT2D eigenvalue weighted by atomic mass is 16.6. The Hall–Kier alpha value is -4.14. The summed E-state index contributed by atoms with van der Waals surface area (Å²) in [6.45, 7) is 4.92. The number of non-ortho nitro benzene ring substituents is 1. The second-order valence-corrected chi connectivity index (χ2v) is 8.89. The molecule has 0 saturated carbocycles. The molecule has 0 aliphatic rings. The zero-order valence-corrected chi connectivity index (χ0v) is 20.3. The fraction of sp³-hybridized carbons (Fsp3) is 0.333. The van der Waals surface area contributed by atoms with Gasteiger partial charge in [0.1, 0.15) is 11.5 Å². The number of nitro benzene ring substituents is 1. The van der Waals surface area contributed by atoms with Gasteiger partial charge in [-0.05, 0) is 88.8 Å². The van der Waals surface area contributed by atoms with Gasteiger partial charge < -0.3 is 15.5 Å². The fourth-order valence-corrected chi connectivity index (χ4v) is 4.91. The Bertz CT molecular complexity index is 1340. The van der Waals surface area contributed by atoms with E-state index in [-0.39, 0.29) is 28.6 Å². The molecule has 2 atom stereocenters. The lowest BCUT2D eigenvalue weighted by Gasteiger charge is -2.27. The number of hydrogen-bond donors (Lipinski definition) is 3. The molecule has 0 amide bonds. The number of rotatable bonds is 11. The third-order valence-electron chi connectivity index (χ3n) is 6.75. The van der Waals surface area contributed by atoms with Crippen LogP contribution >= 0.6 is 0 Å². The molecule has 0 aliphatic heterocycles. The van der Waals surface area contributed by atoms with E-state index in [0.29, 0.717) is 30.1 Å². The van der Waals surface area contributed by atoms with E-state index < -0.39 is 4.92 Å². The van der Waals surface area contributed by atoms with Crippen LogP contribution in [0.5, 0.6) is 11.5 Å². The van der Waals surface area contributed by atoms with Crippen molar-refractivity contribution < 1.29 is 19.8 Å². The van der Waals surface area contributed by atoms with Crippen molar-refractivity contribution >= 4 is 22.4 Å². The average molecular weight is 491 g/mol. The summed E-state index contributed by atoms with van der Waals surface area (Å²) >= 11 is 0. The summed E-state index contributed by atoms with van der Waals surface area (Å²) in [4.78, 5) is 10.7. The third kappa shape index (κ3) is 5.25. The Morgan fingerprint density at radius 1 is 0.944 bits per heavy atom. The van der Waals surface area contributed by atoms with Gasteiger partial charge in [-0.2, -0.15) is 0 Å². The van der Waals surface area contributed by atoms with Crippen LogP contribution in [-0.4, -0.2) is 32.0 Å². The van der Waals surface area contributed by atoms with Gasteiger partial charge in [-0.25, -0.2) is 4.63 Å². The van der Waals surface area contributed by atoms with Crippen molar-refractivity contribution in [3.63, 3.8) is 0 Å². The number of benzene rings is 3. The van der Waals surface area contributed by atoms with Crippen LogP contribution in [0, 0.1) is 10.1 Å². The lowest BCUT2D eigenvalue weighted by molar-refractivity contribution is -0.383. The summed E-state index contributed by atoms with van der Waals surface area (Å²) in [6.07, 6.45) is 3.30. The molecule has 0 spiro atoms. The first-order chi connectivity index (χ1) is 17.4. The quantitative estimate of drug-likeness (QED) is 0.127. The second-order valence-electron chi connectivity index (χ2n) is 8.89. The molecular formula is C27H30N4O5. The van der Waals surface area contributed by atoms with E-state index in [2.05, 4.69) is 35.5 Å². The standard InChI is InChI=1S/C27H30N4O5/c1-3-21(17-7-10-20(32)11-8-17)22(4-2)18-9-14-25(33)19(16-18)6-5-15-28-23-12-13-24(31(34)35)27-26(23)29-36-30-27/h7-14,16,21-22,28,32-33H,3-6,15H2,1-2H3. The number of nitrogens with one attached hydrogen (secondary N) is 1. The molecule has 1 aromatic heterocycles. The molecule has 0 radical (unpaired) electrons. The van der Waals surface area contributed by atoms with Crippen molar-refractivity contribution in [2.75, 3.05) is 11.9 Å². The zero-order valence-electron chi connectivity index (χ0n) is 20.3. The summed E-state index contributed by atoms with van der Waals surface area (Å²) in [5.41, 5.74) is 4.15. The third-order valence-corrected chi connectivity index (χ3v) is 6.75. The summed E-state index contributed by atoms with van der Waals surface area (Å²) in [5, 5.41) is 42.0. The normalized spacial score (nSPS) is 12.9. The average Bonchev–Trinajstić information content (AvgIpc) is 3.37. The maximum atomic E-state index is 11.2. The molecular weight excluding hydrogens is 460 g/mol. The van der Waals surface area contributed by atoms with Crippen molar-refractivity contribution in [2.24, 2.45) is 0 Å². The number of anilines is 1. The Balaban J connectivity index is 1.45. The van der Waals surface area contributed by atoms with Gasteiger partial charge in [0.2, 0.25) is 5.52 Å². The summed E-state index contributed by atoms with van der Waals surface area (Å²) in [6, 6.07) is 16.3. The molecule has 188 valence electrons. The van der Waals surface area contributed by atoms with E-state index in [1.807, 2.05) is 18.2 Å².